The van der Waals surface area contributed by atoms with Gasteiger partial charge in [0.15, 0.2) is 5.69 Å². The van der Waals surface area contributed by atoms with E-state index in [1.807, 2.05) is 20.8 Å². The van der Waals surface area contributed by atoms with E-state index in [1.165, 1.54) is 9.58 Å². The average molecular weight is 404 g/mol. The first-order chi connectivity index (χ1) is 14.5. The van der Waals surface area contributed by atoms with Gasteiger partial charge in [-0.25, -0.2) is 4.68 Å². The summed E-state index contributed by atoms with van der Waals surface area (Å²) in [6.07, 6.45) is 0.167. The number of amides is 1. The Kier molecular flexibility index (Phi) is 6.48. The lowest BCUT2D eigenvalue weighted by Crippen LogP contribution is -2.35. The molecule has 7 nitrogen and oxygen atoms in total. The molecule has 0 atom stereocenters. The first kappa shape index (κ1) is 21.1. The van der Waals surface area contributed by atoms with Crippen LogP contribution in [0.15, 0.2) is 53.3 Å². The van der Waals surface area contributed by atoms with Crippen LogP contribution in [0, 0.1) is 11.3 Å². The molecule has 7 heteroatoms. The van der Waals surface area contributed by atoms with Gasteiger partial charge in [-0.3, -0.25) is 9.59 Å². The van der Waals surface area contributed by atoms with Crippen LogP contribution in [-0.4, -0.2) is 28.8 Å². The molecule has 0 aliphatic carbocycles. The SMILES string of the molecule is CCOc1ccc(N(CCC#N)C(=O)c2nn(C(C)C)c(=O)c3ccccc23)cc1. The van der Waals surface area contributed by atoms with Gasteiger partial charge >= 0.3 is 0 Å². The molecule has 0 fully saturated rings. The van der Waals surface area contributed by atoms with Gasteiger partial charge in [-0.2, -0.15) is 10.4 Å². The highest BCUT2D eigenvalue weighted by Gasteiger charge is 2.24. The summed E-state index contributed by atoms with van der Waals surface area (Å²) in [4.78, 5) is 27.9. The van der Waals surface area contributed by atoms with Crippen LogP contribution in [0.2, 0.25) is 0 Å². The number of benzene rings is 2. The van der Waals surface area contributed by atoms with Crippen molar-refractivity contribution in [2.45, 2.75) is 33.2 Å². The van der Waals surface area contributed by atoms with Crippen LogP contribution in [0.5, 0.6) is 5.75 Å². The monoisotopic (exact) mass is 404 g/mol. The van der Waals surface area contributed by atoms with E-state index in [-0.39, 0.29) is 36.2 Å². The summed E-state index contributed by atoms with van der Waals surface area (Å²) in [6.45, 7) is 6.34. The molecular weight excluding hydrogens is 380 g/mol. The van der Waals surface area contributed by atoms with Crippen molar-refractivity contribution in [3.05, 3.63) is 64.6 Å². The van der Waals surface area contributed by atoms with Gasteiger partial charge in [0.2, 0.25) is 0 Å². The summed E-state index contributed by atoms with van der Waals surface area (Å²) in [6, 6.07) is 16.0. The van der Waals surface area contributed by atoms with Crippen LogP contribution in [0.3, 0.4) is 0 Å². The molecular formula is C23H24N4O3. The van der Waals surface area contributed by atoms with E-state index in [0.717, 1.165) is 0 Å². The molecule has 3 rings (SSSR count). The number of nitriles is 1. The van der Waals surface area contributed by atoms with Gasteiger partial charge in [0.25, 0.3) is 11.5 Å². The predicted molar refractivity (Wildman–Crippen MR) is 116 cm³/mol. The molecule has 1 amide bonds. The molecule has 0 N–H and O–H groups in total. The van der Waals surface area contributed by atoms with Crippen molar-refractivity contribution in [1.82, 2.24) is 9.78 Å². The van der Waals surface area contributed by atoms with Crippen molar-refractivity contribution in [3.63, 3.8) is 0 Å². The third kappa shape index (κ3) is 4.18. The summed E-state index contributed by atoms with van der Waals surface area (Å²) in [5.41, 5.74) is 0.583. The highest BCUT2D eigenvalue weighted by atomic mass is 16.5. The van der Waals surface area contributed by atoms with Gasteiger partial charge in [-0.15, -0.1) is 0 Å². The number of nitrogens with zero attached hydrogens (tertiary/aromatic N) is 4. The average Bonchev–Trinajstić information content (AvgIpc) is 2.75. The Morgan fingerprint density at radius 2 is 1.83 bits per heavy atom. The van der Waals surface area contributed by atoms with E-state index in [2.05, 4.69) is 11.2 Å². The maximum Gasteiger partial charge on any atom is 0.279 e. The fraction of sp³-hybridized carbons (Fsp3) is 0.304. The highest BCUT2D eigenvalue weighted by molar-refractivity contribution is 6.12. The van der Waals surface area contributed by atoms with Gasteiger partial charge in [0, 0.05) is 17.6 Å². The number of aromatic nitrogens is 2. The fourth-order valence-electron chi connectivity index (χ4n) is 3.24. The van der Waals surface area contributed by atoms with E-state index in [0.29, 0.717) is 28.8 Å². The first-order valence-electron chi connectivity index (χ1n) is 9.91. The number of rotatable bonds is 7. The number of ether oxygens (including phenoxy) is 1. The second kappa shape index (κ2) is 9.23. The van der Waals surface area contributed by atoms with E-state index in [1.54, 1.807) is 48.5 Å². The van der Waals surface area contributed by atoms with Gasteiger partial charge in [0.1, 0.15) is 5.75 Å². The molecule has 0 unspecified atom stereocenters. The summed E-state index contributed by atoms with van der Waals surface area (Å²) in [5, 5.41) is 14.4. The number of carbonyl (C=O) groups excluding carboxylic acids is 1. The summed E-state index contributed by atoms with van der Waals surface area (Å²) >= 11 is 0. The lowest BCUT2D eigenvalue weighted by Gasteiger charge is -2.23. The normalized spacial score (nSPS) is 10.8. The molecule has 2 aromatic carbocycles. The second-order valence-corrected chi connectivity index (χ2v) is 7.03. The van der Waals surface area contributed by atoms with Gasteiger partial charge in [-0.05, 0) is 51.1 Å². The molecule has 154 valence electrons. The van der Waals surface area contributed by atoms with E-state index >= 15 is 0 Å². The van der Waals surface area contributed by atoms with Crippen molar-refractivity contribution in [3.8, 4) is 11.8 Å². The Labute approximate surface area is 175 Å². The molecule has 1 heterocycles. The Balaban J connectivity index is 2.13. The van der Waals surface area contributed by atoms with Crippen LogP contribution >= 0.6 is 0 Å². The summed E-state index contributed by atoms with van der Waals surface area (Å²) in [5.74, 6) is 0.339. The minimum absolute atomic E-state index is 0.167. The number of anilines is 1. The fourth-order valence-corrected chi connectivity index (χ4v) is 3.24. The van der Waals surface area contributed by atoms with Crippen molar-refractivity contribution in [2.75, 3.05) is 18.1 Å². The van der Waals surface area contributed by atoms with Crippen molar-refractivity contribution >= 4 is 22.4 Å². The largest absolute Gasteiger partial charge is 0.494 e. The maximum absolute atomic E-state index is 13.6. The smallest absolute Gasteiger partial charge is 0.279 e. The van der Waals surface area contributed by atoms with Crippen molar-refractivity contribution in [1.29, 1.82) is 5.26 Å². The Hall–Kier alpha value is -3.66. The molecule has 0 spiro atoms. The minimum Gasteiger partial charge on any atom is -0.494 e. The number of hydrogen-bond donors (Lipinski definition) is 0. The van der Waals surface area contributed by atoms with Crippen LogP contribution in [-0.2, 0) is 0 Å². The molecule has 0 saturated carbocycles. The maximum atomic E-state index is 13.6. The lowest BCUT2D eigenvalue weighted by molar-refractivity contribution is 0.0982. The predicted octanol–water partition coefficient (Wildman–Crippen LogP) is 3.94. The first-order valence-corrected chi connectivity index (χ1v) is 9.91. The zero-order valence-electron chi connectivity index (χ0n) is 17.3. The molecule has 0 bridgehead atoms. The zero-order valence-corrected chi connectivity index (χ0v) is 17.3. The Morgan fingerprint density at radius 1 is 1.17 bits per heavy atom. The van der Waals surface area contributed by atoms with E-state index in [4.69, 9.17) is 10.00 Å². The van der Waals surface area contributed by atoms with Crippen LogP contribution < -0.4 is 15.2 Å². The van der Waals surface area contributed by atoms with E-state index in [9.17, 15) is 9.59 Å². The minimum atomic E-state index is -0.361. The van der Waals surface area contributed by atoms with Gasteiger partial charge in [-0.1, -0.05) is 18.2 Å². The quantitative estimate of drug-likeness (QED) is 0.595. The Morgan fingerprint density at radius 3 is 2.43 bits per heavy atom. The second-order valence-electron chi connectivity index (χ2n) is 7.03. The molecule has 0 aliphatic rings. The zero-order chi connectivity index (χ0) is 21.7. The van der Waals surface area contributed by atoms with Gasteiger partial charge in [0.05, 0.1) is 30.5 Å². The van der Waals surface area contributed by atoms with Crippen molar-refractivity contribution < 1.29 is 9.53 Å². The molecule has 0 aliphatic heterocycles. The molecule has 3 aromatic rings. The van der Waals surface area contributed by atoms with Crippen LogP contribution in [0.4, 0.5) is 5.69 Å². The van der Waals surface area contributed by atoms with Gasteiger partial charge < -0.3 is 9.64 Å². The molecule has 0 radical (unpaired) electrons. The standard InChI is InChI=1S/C23H24N4O3/c1-4-30-18-12-10-17(11-13-18)26(15-7-14-24)23(29)21-19-8-5-6-9-20(19)22(28)27(25-21)16(2)3/h5-6,8-13,16H,4,7,15H2,1-3H3. The third-order valence-electron chi connectivity index (χ3n) is 4.67. The molecule has 1 aromatic heterocycles. The van der Waals surface area contributed by atoms with Crippen LogP contribution in [0.1, 0.15) is 43.7 Å². The molecule has 0 saturated heterocycles. The number of hydrogen-bond acceptors (Lipinski definition) is 5. The highest BCUT2D eigenvalue weighted by Crippen LogP contribution is 2.24. The number of carbonyl (C=O) groups is 1. The van der Waals surface area contributed by atoms with Crippen LogP contribution in [0.25, 0.3) is 10.8 Å². The Bertz CT molecular complexity index is 1140. The molecule has 30 heavy (non-hydrogen) atoms. The summed E-state index contributed by atoms with van der Waals surface area (Å²) < 4.78 is 6.80. The number of fused-ring (bicyclic) bond motifs is 1. The third-order valence-corrected chi connectivity index (χ3v) is 4.67. The lowest BCUT2D eigenvalue weighted by atomic mass is 10.1. The topological polar surface area (TPSA) is 88.2 Å². The summed E-state index contributed by atoms with van der Waals surface area (Å²) in [7, 11) is 0. The van der Waals surface area contributed by atoms with Crippen molar-refractivity contribution in [2.24, 2.45) is 0 Å². The van der Waals surface area contributed by atoms with E-state index < -0.39 is 0 Å².